The van der Waals surface area contributed by atoms with Crippen LogP contribution in [-0.2, 0) is 32.9 Å². The summed E-state index contributed by atoms with van der Waals surface area (Å²) in [4.78, 5) is 9.45. The average molecular weight is 799 g/mol. The van der Waals surface area contributed by atoms with Gasteiger partial charge in [-0.05, 0) is 83.5 Å². The Balaban J connectivity index is 0.000000178. The van der Waals surface area contributed by atoms with Crippen molar-refractivity contribution >= 4 is 13.3 Å². The zero-order chi connectivity index (χ0) is 31.4. The Morgan fingerprint density at radius 1 is 0.739 bits per heavy atom. The van der Waals surface area contributed by atoms with Gasteiger partial charge in [0, 0.05) is 38.1 Å². The molecule has 0 saturated heterocycles. The number of nitrogens with zero attached hydrogens (tertiary/aromatic N) is 2. The van der Waals surface area contributed by atoms with Gasteiger partial charge < -0.3 is 9.97 Å². The fourth-order valence-corrected chi connectivity index (χ4v) is 8.83. The Morgan fingerprint density at radius 3 is 1.85 bits per heavy atom. The molecule has 0 aliphatic heterocycles. The molecule has 1 atom stereocenters. The summed E-state index contributed by atoms with van der Waals surface area (Å²) in [5, 5.41) is 1.56. The van der Waals surface area contributed by atoms with E-state index in [0.29, 0.717) is 5.92 Å². The normalized spacial score (nSPS) is 18.3. The van der Waals surface area contributed by atoms with Crippen LogP contribution in [0.2, 0.25) is 19.6 Å². The van der Waals surface area contributed by atoms with E-state index in [4.69, 9.17) is 4.98 Å². The monoisotopic (exact) mass is 799 g/mol. The molecule has 2 heterocycles. The minimum atomic E-state index is -1.35. The number of benzene rings is 3. The van der Waals surface area contributed by atoms with Gasteiger partial charge in [0.15, 0.2) is 0 Å². The summed E-state index contributed by atoms with van der Waals surface area (Å²) < 4.78 is 0. The Labute approximate surface area is 291 Å². The van der Waals surface area contributed by atoms with Crippen molar-refractivity contribution < 1.29 is 20.1 Å². The van der Waals surface area contributed by atoms with Crippen molar-refractivity contribution in [3.05, 3.63) is 127 Å². The van der Waals surface area contributed by atoms with Gasteiger partial charge in [-0.2, -0.15) is 0 Å². The van der Waals surface area contributed by atoms with Gasteiger partial charge in [-0.25, -0.2) is 0 Å². The molecule has 3 saturated carbocycles. The van der Waals surface area contributed by atoms with Gasteiger partial charge in [-0.15, -0.1) is 71.8 Å². The zero-order valence-electron chi connectivity index (χ0n) is 27.9. The van der Waals surface area contributed by atoms with E-state index in [-0.39, 0.29) is 20.1 Å². The summed E-state index contributed by atoms with van der Waals surface area (Å²) in [5.41, 5.74) is 9.64. The van der Waals surface area contributed by atoms with Gasteiger partial charge >= 0.3 is 0 Å². The molecule has 8 rings (SSSR count). The number of fused-ring (bicyclic) bond motifs is 1. The van der Waals surface area contributed by atoms with Gasteiger partial charge in [0.1, 0.15) is 0 Å². The minimum Gasteiger partial charge on any atom is -0.305 e. The van der Waals surface area contributed by atoms with Crippen LogP contribution in [-0.4, -0.2) is 18.0 Å². The molecule has 0 amide bonds. The van der Waals surface area contributed by atoms with Crippen molar-refractivity contribution in [2.75, 3.05) is 0 Å². The molecule has 2 bridgehead atoms. The molecule has 3 fully saturated rings. The van der Waals surface area contributed by atoms with Crippen molar-refractivity contribution in [1.82, 2.24) is 9.97 Å². The number of hydrogen-bond acceptors (Lipinski definition) is 2. The second-order valence-corrected chi connectivity index (χ2v) is 19.6. The topological polar surface area (TPSA) is 25.8 Å². The molecule has 0 N–H and O–H groups in total. The van der Waals surface area contributed by atoms with Crippen LogP contribution in [0.1, 0.15) is 44.2 Å². The SMILES string of the molecule is CC(C)Cc1cc(-c2[c-]cccc2)ncc1-c1ccccc1.C[Si](C)(C)c1cnc(-c2[c-]cccc2)cc1CC1CC2CC1C2.[Ir]. The number of pyridine rings is 2. The van der Waals surface area contributed by atoms with Crippen molar-refractivity contribution in [1.29, 1.82) is 0 Å². The Kier molecular flexibility index (Phi) is 11.3. The maximum atomic E-state index is 4.78. The molecule has 239 valence electrons. The average Bonchev–Trinajstić information content (AvgIpc) is 3.62. The summed E-state index contributed by atoms with van der Waals surface area (Å²) in [6.45, 7) is 11.8. The van der Waals surface area contributed by atoms with E-state index in [0.717, 1.165) is 46.7 Å². The van der Waals surface area contributed by atoms with Crippen LogP contribution in [0.15, 0.2) is 103 Å². The fourth-order valence-electron chi connectivity index (χ4n) is 7.24. The van der Waals surface area contributed by atoms with Gasteiger partial charge in [0.25, 0.3) is 0 Å². The van der Waals surface area contributed by atoms with Crippen LogP contribution in [0.4, 0.5) is 0 Å². The summed E-state index contributed by atoms with van der Waals surface area (Å²) in [5.74, 6) is 3.58. The predicted molar refractivity (Wildman–Crippen MR) is 192 cm³/mol. The second-order valence-electron chi connectivity index (χ2n) is 14.5. The Bertz CT molecular complexity index is 1690. The van der Waals surface area contributed by atoms with E-state index in [1.807, 2.05) is 42.6 Å². The number of rotatable bonds is 8. The molecule has 1 unspecified atom stereocenters. The van der Waals surface area contributed by atoms with Crippen LogP contribution < -0.4 is 5.19 Å². The van der Waals surface area contributed by atoms with Crippen LogP contribution in [0.25, 0.3) is 33.6 Å². The molecule has 2 aromatic heterocycles. The Hall–Kier alpha value is -3.17. The molecule has 2 nitrogen and oxygen atoms in total. The third-order valence-electron chi connectivity index (χ3n) is 9.53. The van der Waals surface area contributed by atoms with Gasteiger partial charge in [-0.3, -0.25) is 0 Å². The molecule has 5 aromatic rings. The molecule has 0 spiro atoms. The molecule has 1 radical (unpaired) electrons. The standard InChI is InChI=1S/C21H26NSi.C21H20N.Ir/c1-23(2,3)21-14-22-20(16-7-5-4-6-8-16)13-19(21)12-18-11-15-9-17(18)10-15;1-16(2)13-19-14-21(18-11-7-4-8-12-18)22-15-20(19)17-9-5-3-6-10-17;/h4-7,13-15,17-18H,9-12H2,1-3H3;3-11,14-16H,13H2,1-2H3;/q2*-1;. The van der Waals surface area contributed by atoms with Gasteiger partial charge in [0.2, 0.25) is 0 Å². The maximum Gasteiger partial charge on any atom is 0.0798 e. The van der Waals surface area contributed by atoms with Crippen LogP contribution >= 0.6 is 0 Å². The van der Waals surface area contributed by atoms with Crippen LogP contribution in [0.3, 0.4) is 0 Å². The largest absolute Gasteiger partial charge is 0.305 e. The van der Waals surface area contributed by atoms with E-state index in [1.54, 1.807) is 10.8 Å². The maximum absolute atomic E-state index is 4.78. The molecular formula is C42H46IrN2Si-2. The Morgan fingerprint density at radius 2 is 1.33 bits per heavy atom. The van der Waals surface area contributed by atoms with Crippen molar-refractivity contribution in [2.45, 2.75) is 65.6 Å². The van der Waals surface area contributed by atoms with E-state index in [2.05, 4.69) is 111 Å². The third-order valence-corrected chi connectivity index (χ3v) is 11.6. The summed E-state index contributed by atoms with van der Waals surface area (Å²) in [6.07, 6.45) is 11.0. The molecular weight excluding hydrogens is 753 g/mol. The summed E-state index contributed by atoms with van der Waals surface area (Å²) in [7, 11) is -1.35. The van der Waals surface area contributed by atoms with Gasteiger partial charge in [-0.1, -0.05) is 81.5 Å². The van der Waals surface area contributed by atoms with Crippen LogP contribution in [0.5, 0.6) is 0 Å². The summed E-state index contributed by atoms with van der Waals surface area (Å²) in [6, 6.07) is 37.9. The van der Waals surface area contributed by atoms with E-state index >= 15 is 0 Å². The van der Waals surface area contributed by atoms with Gasteiger partial charge in [0.05, 0.1) is 8.07 Å². The second kappa shape index (κ2) is 15.2. The smallest absolute Gasteiger partial charge is 0.0798 e. The molecule has 3 aliphatic carbocycles. The zero-order valence-corrected chi connectivity index (χ0v) is 31.3. The van der Waals surface area contributed by atoms with E-state index in [1.165, 1.54) is 42.4 Å². The molecule has 46 heavy (non-hydrogen) atoms. The van der Waals surface area contributed by atoms with E-state index < -0.39 is 8.07 Å². The first-order chi connectivity index (χ1) is 21.7. The first-order valence-electron chi connectivity index (χ1n) is 16.7. The number of aromatic nitrogens is 2. The number of hydrogen-bond donors (Lipinski definition) is 0. The molecule has 3 aromatic carbocycles. The first-order valence-corrected chi connectivity index (χ1v) is 20.2. The summed E-state index contributed by atoms with van der Waals surface area (Å²) >= 11 is 0. The van der Waals surface area contributed by atoms with Crippen molar-refractivity contribution in [3.8, 4) is 33.6 Å². The third kappa shape index (κ3) is 8.21. The quantitative estimate of drug-likeness (QED) is 0.115. The van der Waals surface area contributed by atoms with Crippen molar-refractivity contribution in [3.63, 3.8) is 0 Å². The first kappa shape index (κ1) is 34.2. The fraction of sp³-hybridized carbons (Fsp3) is 0.333. The minimum absolute atomic E-state index is 0. The van der Waals surface area contributed by atoms with Crippen LogP contribution in [0, 0.1) is 35.8 Å². The van der Waals surface area contributed by atoms with E-state index in [9.17, 15) is 0 Å². The predicted octanol–water partition coefficient (Wildman–Crippen LogP) is 10.1. The molecule has 3 aliphatic rings. The van der Waals surface area contributed by atoms with Crippen molar-refractivity contribution in [2.24, 2.45) is 23.7 Å². The molecule has 4 heteroatoms.